The Hall–Kier alpha value is -0.851. The Morgan fingerprint density at radius 3 is 2.00 bits per heavy atom. The number of aryl methyl sites for hydroxylation is 1. The molecule has 1 aromatic rings. The van der Waals surface area contributed by atoms with E-state index >= 15 is 0 Å². The molecule has 1 unspecified atom stereocenters. The third-order valence-electron chi connectivity index (χ3n) is 2.81. The van der Waals surface area contributed by atoms with E-state index in [1.165, 1.54) is 30.4 Å². The molecule has 0 heterocycles. The van der Waals surface area contributed by atoms with E-state index in [0.29, 0.717) is 6.10 Å². The fourth-order valence-corrected chi connectivity index (χ4v) is 3.36. The van der Waals surface area contributed by atoms with Crippen LogP contribution in [0.25, 0.3) is 0 Å². The average molecular weight is 356 g/mol. The van der Waals surface area contributed by atoms with Gasteiger partial charge in [0.15, 0.2) is 8.32 Å². The van der Waals surface area contributed by atoms with Crippen molar-refractivity contribution in [3.05, 3.63) is 55.3 Å². The van der Waals surface area contributed by atoms with Crippen LogP contribution >= 0.6 is 0 Å². The normalized spacial score (nSPS) is 14.7. The molecule has 0 amide bonds. The third kappa shape index (κ3) is 9.97. The summed E-state index contributed by atoms with van der Waals surface area (Å²) in [6.45, 7) is 20.3. The molecular weight excluding hydrogens is 336 g/mol. The predicted octanol–water partition coefficient (Wildman–Crippen LogP) is 3.80. The van der Waals surface area contributed by atoms with E-state index in [9.17, 15) is 0 Å². The standard InChI is InChI=1S/C13H20OSi.3CO.Cr/c1-15(2,3)14-13-10-6-8-11-7-4-5-9-12(11)13;3*1-2;/h4-5,7,9,13H,6,8,10H2,1-3H3;;;;. The average Bonchev–Trinajstić information content (AvgIpc) is 2.52. The van der Waals surface area contributed by atoms with Crippen molar-refractivity contribution >= 4 is 8.32 Å². The van der Waals surface area contributed by atoms with Gasteiger partial charge in [0.25, 0.3) is 0 Å². The smallest absolute Gasteiger partial charge is 0 e. The molecule has 1 aromatic carbocycles. The molecule has 0 spiro atoms. The first kappa shape index (κ1) is 26.1. The van der Waals surface area contributed by atoms with Crippen molar-refractivity contribution in [1.82, 2.24) is 0 Å². The Labute approximate surface area is 144 Å². The van der Waals surface area contributed by atoms with Gasteiger partial charge in [-0.15, -0.1) is 0 Å². The Bertz CT molecular complexity index is 449. The minimum Gasteiger partial charge on any atom is 0 e. The van der Waals surface area contributed by atoms with Crippen LogP contribution in [0.15, 0.2) is 24.3 Å². The van der Waals surface area contributed by atoms with Crippen LogP contribution in [0, 0.1) is 20.0 Å². The van der Waals surface area contributed by atoms with Crippen LogP contribution in [0.4, 0.5) is 0 Å². The Balaban J connectivity index is -0.000000463. The maximum atomic E-state index is 7.50. The van der Waals surface area contributed by atoms with Crippen LogP contribution in [0.3, 0.4) is 0 Å². The van der Waals surface area contributed by atoms with E-state index in [4.69, 9.17) is 18.4 Å². The second-order valence-corrected chi connectivity index (χ2v) is 9.77. The van der Waals surface area contributed by atoms with E-state index < -0.39 is 8.32 Å². The number of hydrogen-bond acceptors (Lipinski definition) is 1. The summed E-state index contributed by atoms with van der Waals surface area (Å²) in [6.07, 6.45) is 4.05. The van der Waals surface area contributed by atoms with Crippen LogP contribution in [0.1, 0.15) is 30.1 Å². The molecule has 1 aliphatic carbocycles. The van der Waals surface area contributed by atoms with Crippen LogP contribution in [-0.4, -0.2) is 8.32 Å². The second-order valence-electron chi connectivity index (χ2n) is 5.31. The number of hydrogen-bond donors (Lipinski definition) is 0. The summed E-state index contributed by atoms with van der Waals surface area (Å²) in [7, 11) is -1.41. The SMILES string of the molecule is C[Si](C)(C)OC1CCCc2ccccc21.[C-]#[O+].[C-]#[O+].[C-]#[O+].[Cr]. The van der Waals surface area contributed by atoms with Gasteiger partial charge < -0.3 is 4.43 Å². The van der Waals surface area contributed by atoms with Crippen LogP contribution in [0.2, 0.25) is 19.6 Å². The van der Waals surface area contributed by atoms with Gasteiger partial charge in [0, 0.05) is 17.4 Å². The molecule has 0 N–H and O–H groups in total. The largest absolute Gasteiger partial charge is 0 e. The molecule has 0 saturated carbocycles. The zero-order chi connectivity index (χ0) is 16.9. The maximum Gasteiger partial charge on any atom is 0 e. The first-order valence-corrected chi connectivity index (χ1v) is 9.84. The van der Waals surface area contributed by atoms with Gasteiger partial charge in [0.05, 0.1) is 6.10 Å². The molecule has 4 nitrogen and oxygen atoms in total. The number of benzene rings is 1. The Morgan fingerprint density at radius 1 is 1.00 bits per heavy atom. The van der Waals surface area contributed by atoms with Crippen molar-refractivity contribution in [2.45, 2.75) is 45.0 Å². The van der Waals surface area contributed by atoms with Crippen LogP contribution < -0.4 is 0 Å². The summed E-state index contributed by atoms with van der Waals surface area (Å²) in [5.41, 5.74) is 2.93. The molecular formula is C16H20CrO4Si. The van der Waals surface area contributed by atoms with Crippen LogP contribution in [-0.2, 0) is 42.2 Å². The molecule has 0 aromatic heterocycles. The molecule has 0 saturated heterocycles. The van der Waals surface area contributed by atoms with E-state index in [0.717, 1.165) is 0 Å². The van der Waals surface area contributed by atoms with E-state index in [1.54, 1.807) is 0 Å². The maximum absolute atomic E-state index is 7.50. The molecule has 0 aliphatic heterocycles. The van der Waals surface area contributed by atoms with Crippen molar-refractivity contribution in [3.63, 3.8) is 0 Å². The summed E-state index contributed by atoms with van der Waals surface area (Å²) in [5.74, 6) is 0. The molecule has 0 bridgehead atoms. The summed E-state index contributed by atoms with van der Waals surface area (Å²) >= 11 is 0. The fourth-order valence-electron chi connectivity index (χ4n) is 2.26. The first-order valence-electron chi connectivity index (χ1n) is 6.43. The van der Waals surface area contributed by atoms with Crippen molar-refractivity contribution in [2.75, 3.05) is 0 Å². The Morgan fingerprint density at radius 2 is 1.50 bits per heavy atom. The molecule has 0 radical (unpaired) electrons. The number of rotatable bonds is 2. The summed E-state index contributed by atoms with van der Waals surface area (Å²) in [5, 5.41) is 0. The van der Waals surface area contributed by atoms with Gasteiger partial charge in [-0.25, -0.2) is 0 Å². The van der Waals surface area contributed by atoms with Gasteiger partial charge >= 0.3 is 33.9 Å². The molecule has 1 atom stereocenters. The van der Waals surface area contributed by atoms with Gasteiger partial charge in [-0.05, 0) is 50.0 Å². The van der Waals surface area contributed by atoms with Crippen molar-refractivity contribution in [1.29, 1.82) is 0 Å². The van der Waals surface area contributed by atoms with Crippen molar-refractivity contribution < 1.29 is 35.7 Å². The summed E-state index contributed by atoms with van der Waals surface area (Å²) in [6, 6.07) is 8.74. The van der Waals surface area contributed by atoms with E-state index in [2.05, 4.69) is 63.9 Å². The van der Waals surface area contributed by atoms with Gasteiger partial charge in [-0.3, -0.25) is 0 Å². The third-order valence-corrected chi connectivity index (χ3v) is 3.80. The monoisotopic (exact) mass is 356 g/mol. The van der Waals surface area contributed by atoms with Gasteiger partial charge in [0.2, 0.25) is 0 Å². The summed E-state index contributed by atoms with van der Waals surface area (Å²) < 4.78 is 28.7. The molecule has 2 rings (SSSR count). The minimum absolute atomic E-state index is 0. The molecule has 0 fully saturated rings. The summed E-state index contributed by atoms with van der Waals surface area (Å²) in [4.78, 5) is 0. The predicted molar refractivity (Wildman–Crippen MR) is 78.3 cm³/mol. The molecule has 22 heavy (non-hydrogen) atoms. The van der Waals surface area contributed by atoms with Crippen molar-refractivity contribution in [2.24, 2.45) is 0 Å². The van der Waals surface area contributed by atoms with Crippen molar-refractivity contribution in [3.8, 4) is 0 Å². The van der Waals surface area contributed by atoms with Gasteiger partial charge in [0.1, 0.15) is 0 Å². The second kappa shape index (κ2) is 15.1. The van der Waals surface area contributed by atoms with Gasteiger partial charge in [-0.2, -0.15) is 0 Å². The molecule has 1 aliphatic rings. The van der Waals surface area contributed by atoms with E-state index in [1.807, 2.05) is 0 Å². The first-order chi connectivity index (χ1) is 10.1. The quantitative estimate of drug-likeness (QED) is 0.451. The zero-order valence-electron chi connectivity index (χ0n) is 13.0. The van der Waals surface area contributed by atoms with Gasteiger partial charge in [-0.1, -0.05) is 24.3 Å². The topological polar surface area (TPSA) is 68.9 Å². The van der Waals surface area contributed by atoms with E-state index in [-0.39, 0.29) is 17.4 Å². The Kier molecular flexibility index (Phi) is 17.8. The number of fused-ring (bicyclic) bond motifs is 1. The minimum atomic E-state index is -1.41. The van der Waals surface area contributed by atoms with Crippen LogP contribution in [0.5, 0.6) is 0 Å². The fraction of sp³-hybridized carbons (Fsp3) is 0.438. The molecule has 6 heteroatoms. The zero-order valence-corrected chi connectivity index (χ0v) is 15.3. The molecule has 118 valence electrons.